The molecular formula is C20H12ClNO3. The van der Waals surface area contributed by atoms with Crippen molar-refractivity contribution >= 4 is 45.3 Å². The summed E-state index contributed by atoms with van der Waals surface area (Å²) in [4.78, 5) is 16.4. The number of halogens is 1. The largest absolute Gasteiger partial charge is 0.507 e. The molecule has 0 unspecified atom stereocenters. The molecular weight excluding hydrogens is 338 g/mol. The lowest BCUT2D eigenvalue weighted by atomic mass is 10.0. The van der Waals surface area contributed by atoms with Gasteiger partial charge in [0.25, 0.3) is 0 Å². The summed E-state index contributed by atoms with van der Waals surface area (Å²) in [6, 6.07) is 18.1. The van der Waals surface area contributed by atoms with E-state index in [2.05, 4.69) is 4.98 Å². The number of hydrogen-bond donors (Lipinski definition) is 1. The van der Waals surface area contributed by atoms with Crippen LogP contribution in [0.5, 0.6) is 0 Å². The molecule has 0 radical (unpaired) electrons. The maximum atomic E-state index is 12.1. The van der Waals surface area contributed by atoms with Crippen LogP contribution in [0, 0.1) is 0 Å². The van der Waals surface area contributed by atoms with Gasteiger partial charge in [-0.05, 0) is 29.0 Å². The first-order valence-electron chi connectivity index (χ1n) is 7.61. The van der Waals surface area contributed by atoms with Crippen molar-refractivity contribution in [1.82, 2.24) is 4.98 Å². The molecule has 3 aromatic carbocycles. The zero-order chi connectivity index (χ0) is 17.4. The number of aliphatic hydroxyl groups excluding tert-OH is 1. The topological polar surface area (TPSA) is 63.3 Å². The van der Waals surface area contributed by atoms with E-state index in [-0.39, 0.29) is 11.5 Å². The number of benzene rings is 3. The fourth-order valence-corrected chi connectivity index (χ4v) is 2.91. The molecule has 4 aromatic rings. The molecule has 25 heavy (non-hydrogen) atoms. The zero-order valence-corrected chi connectivity index (χ0v) is 13.7. The fourth-order valence-electron chi connectivity index (χ4n) is 2.74. The highest BCUT2D eigenvalue weighted by Crippen LogP contribution is 2.25. The van der Waals surface area contributed by atoms with Crippen LogP contribution in [0.1, 0.15) is 11.3 Å². The van der Waals surface area contributed by atoms with E-state index in [1.165, 1.54) is 6.08 Å². The van der Waals surface area contributed by atoms with Crippen molar-refractivity contribution in [3.05, 3.63) is 87.4 Å². The van der Waals surface area contributed by atoms with E-state index in [1.807, 2.05) is 36.4 Å². The van der Waals surface area contributed by atoms with E-state index < -0.39 is 5.63 Å². The summed E-state index contributed by atoms with van der Waals surface area (Å²) in [5, 5.41) is 12.9. The lowest BCUT2D eigenvalue weighted by Gasteiger charge is -2.06. The second-order valence-corrected chi connectivity index (χ2v) is 5.99. The van der Waals surface area contributed by atoms with E-state index in [0.29, 0.717) is 21.7 Å². The Hall–Kier alpha value is -3.11. The first-order chi connectivity index (χ1) is 12.1. The van der Waals surface area contributed by atoms with Crippen molar-refractivity contribution in [2.24, 2.45) is 0 Å². The lowest BCUT2D eigenvalue weighted by molar-refractivity contribution is 0.514. The normalized spacial score (nSPS) is 12.0. The monoisotopic (exact) mass is 349 g/mol. The Morgan fingerprint density at radius 2 is 1.88 bits per heavy atom. The first kappa shape index (κ1) is 15.4. The highest BCUT2D eigenvalue weighted by molar-refractivity contribution is 6.31. The Labute approximate surface area is 147 Å². The zero-order valence-electron chi connectivity index (χ0n) is 12.9. The van der Waals surface area contributed by atoms with Crippen LogP contribution in [-0.4, -0.2) is 10.1 Å². The number of fused-ring (bicyclic) bond motifs is 2. The van der Waals surface area contributed by atoms with Crippen LogP contribution < -0.4 is 5.63 Å². The molecule has 0 bridgehead atoms. The minimum Gasteiger partial charge on any atom is -0.507 e. The van der Waals surface area contributed by atoms with Gasteiger partial charge in [-0.3, -0.25) is 0 Å². The van der Waals surface area contributed by atoms with Gasteiger partial charge in [0, 0.05) is 16.7 Å². The van der Waals surface area contributed by atoms with Gasteiger partial charge >= 0.3 is 5.63 Å². The average Bonchev–Trinajstić information content (AvgIpc) is 2.62. The minimum absolute atomic E-state index is 0.0141. The van der Waals surface area contributed by atoms with Gasteiger partial charge in [0.2, 0.25) is 0 Å². The van der Waals surface area contributed by atoms with Crippen LogP contribution in [0.4, 0.5) is 0 Å². The Bertz CT molecular complexity index is 1190. The van der Waals surface area contributed by atoms with Gasteiger partial charge in [0.05, 0.1) is 0 Å². The predicted octanol–water partition coefficient (Wildman–Crippen LogP) is 5.05. The Kier molecular flexibility index (Phi) is 3.75. The maximum absolute atomic E-state index is 12.1. The highest BCUT2D eigenvalue weighted by Gasteiger charge is 2.10. The molecule has 0 saturated carbocycles. The molecule has 0 aliphatic rings. The Balaban J connectivity index is 1.88. The van der Waals surface area contributed by atoms with Crippen LogP contribution in [0.2, 0.25) is 5.02 Å². The average molecular weight is 350 g/mol. The molecule has 122 valence electrons. The summed E-state index contributed by atoms with van der Waals surface area (Å²) in [6.07, 6.45) is 1.31. The highest BCUT2D eigenvalue weighted by atomic mass is 35.5. The van der Waals surface area contributed by atoms with Gasteiger partial charge in [-0.1, -0.05) is 54.1 Å². The van der Waals surface area contributed by atoms with E-state index in [9.17, 15) is 9.90 Å². The third kappa shape index (κ3) is 2.88. The number of aliphatic hydroxyl groups is 1. The number of rotatable bonds is 2. The molecule has 4 nitrogen and oxygen atoms in total. The van der Waals surface area contributed by atoms with Crippen molar-refractivity contribution in [1.29, 1.82) is 0 Å². The molecule has 1 aromatic heterocycles. The van der Waals surface area contributed by atoms with E-state index in [0.717, 1.165) is 10.8 Å². The van der Waals surface area contributed by atoms with Crippen molar-refractivity contribution in [3.63, 3.8) is 0 Å². The molecule has 0 atom stereocenters. The molecule has 5 heteroatoms. The third-order valence-corrected chi connectivity index (χ3v) is 4.15. The second-order valence-electron chi connectivity index (χ2n) is 5.55. The van der Waals surface area contributed by atoms with E-state index >= 15 is 0 Å². The first-order valence-corrected chi connectivity index (χ1v) is 7.99. The molecule has 1 heterocycles. The summed E-state index contributed by atoms with van der Waals surface area (Å²) >= 11 is 5.95. The Morgan fingerprint density at radius 3 is 2.76 bits per heavy atom. The number of nitrogens with zero attached hydrogens (tertiary/aromatic N) is 1. The van der Waals surface area contributed by atoms with Gasteiger partial charge < -0.3 is 9.52 Å². The van der Waals surface area contributed by atoms with Crippen LogP contribution in [0.15, 0.2) is 69.9 Å². The maximum Gasteiger partial charge on any atom is 0.362 e. The molecule has 0 aliphatic carbocycles. The minimum atomic E-state index is -0.624. The third-order valence-electron chi connectivity index (χ3n) is 3.91. The molecule has 0 spiro atoms. The van der Waals surface area contributed by atoms with Gasteiger partial charge in [0.15, 0.2) is 11.3 Å². The predicted molar refractivity (Wildman–Crippen MR) is 99.7 cm³/mol. The van der Waals surface area contributed by atoms with Gasteiger partial charge in [0.1, 0.15) is 11.3 Å². The molecule has 0 fully saturated rings. The molecule has 0 saturated heterocycles. The van der Waals surface area contributed by atoms with Crippen molar-refractivity contribution in [2.45, 2.75) is 0 Å². The summed E-state index contributed by atoms with van der Waals surface area (Å²) in [7, 11) is 0. The summed E-state index contributed by atoms with van der Waals surface area (Å²) in [6.45, 7) is 0. The quantitative estimate of drug-likeness (QED) is 0.514. The van der Waals surface area contributed by atoms with E-state index in [4.69, 9.17) is 16.0 Å². The lowest BCUT2D eigenvalue weighted by Crippen LogP contribution is -2.06. The smallest absolute Gasteiger partial charge is 0.362 e. The second kappa shape index (κ2) is 6.07. The molecule has 0 aliphatic heterocycles. The molecule has 0 amide bonds. The summed E-state index contributed by atoms with van der Waals surface area (Å²) in [5.74, 6) is -0.0574. The van der Waals surface area contributed by atoms with Gasteiger partial charge in [-0.25, -0.2) is 9.78 Å². The van der Waals surface area contributed by atoms with Crippen molar-refractivity contribution in [2.75, 3.05) is 0 Å². The van der Waals surface area contributed by atoms with Crippen LogP contribution in [-0.2, 0) is 0 Å². The molecule has 1 N–H and O–H groups in total. The Morgan fingerprint density at radius 1 is 1.08 bits per heavy atom. The number of aromatic nitrogens is 1. The SMILES string of the molecule is O=c1oc2ccc(Cl)cc2nc1C=C(O)c1cccc2ccccc12. The standard InChI is InChI=1S/C20H12ClNO3/c21-13-8-9-19-16(10-13)22-17(20(24)25-19)11-18(23)15-7-3-5-12-4-1-2-6-14(12)15/h1-11,23H. The fraction of sp³-hybridized carbons (Fsp3) is 0. The van der Waals surface area contributed by atoms with Gasteiger partial charge in [-0.2, -0.15) is 0 Å². The van der Waals surface area contributed by atoms with E-state index in [1.54, 1.807) is 24.3 Å². The summed E-state index contributed by atoms with van der Waals surface area (Å²) < 4.78 is 5.24. The van der Waals surface area contributed by atoms with Crippen molar-refractivity contribution in [3.8, 4) is 0 Å². The molecule has 4 rings (SSSR count). The van der Waals surface area contributed by atoms with Gasteiger partial charge in [-0.15, -0.1) is 0 Å². The van der Waals surface area contributed by atoms with Crippen LogP contribution in [0.25, 0.3) is 33.7 Å². The summed E-state index contributed by atoms with van der Waals surface area (Å²) in [5.41, 5.74) is 0.799. The number of hydrogen-bond acceptors (Lipinski definition) is 4. The van der Waals surface area contributed by atoms with Crippen molar-refractivity contribution < 1.29 is 9.52 Å². The van der Waals surface area contributed by atoms with Crippen LogP contribution in [0.3, 0.4) is 0 Å². The van der Waals surface area contributed by atoms with Crippen LogP contribution >= 0.6 is 11.6 Å².